The van der Waals surface area contributed by atoms with Gasteiger partial charge in [-0.1, -0.05) is 30.3 Å². The predicted molar refractivity (Wildman–Crippen MR) is 109 cm³/mol. The molecular formula is C22H24N4O2. The molecule has 1 atom stereocenters. The van der Waals surface area contributed by atoms with E-state index in [4.69, 9.17) is 0 Å². The molecule has 4 rings (SSSR count). The summed E-state index contributed by atoms with van der Waals surface area (Å²) in [5.74, 6) is -0.126. The van der Waals surface area contributed by atoms with Gasteiger partial charge in [0, 0.05) is 31.1 Å². The van der Waals surface area contributed by atoms with Crippen molar-refractivity contribution >= 4 is 28.5 Å². The van der Waals surface area contributed by atoms with E-state index in [1.54, 1.807) is 0 Å². The van der Waals surface area contributed by atoms with Crippen molar-refractivity contribution in [3.63, 3.8) is 0 Å². The highest BCUT2D eigenvalue weighted by atomic mass is 16.2. The summed E-state index contributed by atoms with van der Waals surface area (Å²) in [7, 11) is 0. The zero-order valence-electron chi connectivity index (χ0n) is 15.7. The van der Waals surface area contributed by atoms with Gasteiger partial charge in [0.25, 0.3) is 0 Å². The molecule has 2 heterocycles. The Kier molecular flexibility index (Phi) is 5.37. The molecule has 1 aliphatic rings. The molecule has 6 heteroatoms. The van der Waals surface area contributed by atoms with Crippen LogP contribution in [0.2, 0.25) is 0 Å². The van der Waals surface area contributed by atoms with E-state index in [0.717, 1.165) is 35.2 Å². The van der Waals surface area contributed by atoms with Gasteiger partial charge >= 0.3 is 0 Å². The molecule has 6 nitrogen and oxygen atoms in total. The fourth-order valence-electron chi connectivity index (χ4n) is 3.71. The lowest BCUT2D eigenvalue weighted by molar-refractivity contribution is -0.122. The fourth-order valence-corrected chi connectivity index (χ4v) is 3.71. The second-order valence-electron chi connectivity index (χ2n) is 7.22. The Balaban J connectivity index is 1.19. The molecule has 0 aliphatic carbocycles. The number of hydrogen-bond donors (Lipinski definition) is 2. The van der Waals surface area contributed by atoms with Crippen LogP contribution in [-0.4, -0.2) is 27.9 Å². The molecule has 0 saturated heterocycles. The number of fused-ring (bicyclic) bond motifs is 2. The van der Waals surface area contributed by atoms with Crippen LogP contribution in [0.15, 0.2) is 54.9 Å². The second-order valence-corrected chi connectivity index (χ2v) is 7.22. The van der Waals surface area contributed by atoms with Gasteiger partial charge < -0.3 is 15.2 Å². The van der Waals surface area contributed by atoms with Gasteiger partial charge in [-0.3, -0.25) is 9.59 Å². The third-order valence-electron chi connectivity index (χ3n) is 5.26. The van der Waals surface area contributed by atoms with Crippen molar-refractivity contribution in [3.05, 3.63) is 60.4 Å². The van der Waals surface area contributed by atoms with E-state index >= 15 is 0 Å². The van der Waals surface area contributed by atoms with Crippen LogP contribution < -0.4 is 10.6 Å². The van der Waals surface area contributed by atoms with Crippen LogP contribution >= 0.6 is 0 Å². The first-order valence-corrected chi connectivity index (χ1v) is 9.76. The summed E-state index contributed by atoms with van der Waals surface area (Å²) in [6, 6.07) is 15.9. The molecule has 1 unspecified atom stereocenters. The smallest absolute Gasteiger partial charge is 0.227 e. The first-order valence-electron chi connectivity index (χ1n) is 9.76. The number of carbonyl (C=O) groups excluding carboxylic acids is 2. The normalized spacial score (nSPS) is 15.9. The highest BCUT2D eigenvalue weighted by Crippen LogP contribution is 2.27. The Labute approximate surface area is 164 Å². The number of anilines is 1. The lowest BCUT2D eigenvalue weighted by atomic mass is 9.89. The average Bonchev–Trinajstić information content (AvgIpc) is 3.13. The van der Waals surface area contributed by atoms with Gasteiger partial charge in [0.05, 0.1) is 17.4 Å². The Morgan fingerprint density at radius 3 is 2.93 bits per heavy atom. The first kappa shape index (κ1) is 18.2. The van der Waals surface area contributed by atoms with Crippen LogP contribution in [0.4, 0.5) is 5.69 Å². The number of nitrogens with zero attached hydrogens (tertiary/aromatic N) is 2. The molecule has 1 aromatic heterocycles. The van der Waals surface area contributed by atoms with Gasteiger partial charge in [-0.25, -0.2) is 4.98 Å². The van der Waals surface area contributed by atoms with E-state index in [9.17, 15) is 9.59 Å². The maximum atomic E-state index is 12.2. The Hall–Kier alpha value is -3.15. The average molecular weight is 376 g/mol. The maximum absolute atomic E-state index is 12.2. The van der Waals surface area contributed by atoms with Crippen LogP contribution in [0.1, 0.15) is 24.8 Å². The number of amides is 2. The molecule has 2 aromatic carbocycles. The molecule has 144 valence electrons. The predicted octanol–water partition coefficient (Wildman–Crippen LogP) is 3.13. The molecule has 0 saturated carbocycles. The lowest BCUT2D eigenvalue weighted by Crippen LogP contribution is -2.32. The zero-order chi connectivity index (χ0) is 19.3. The Morgan fingerprint density at radius 1 is 1.18 bits per heavy atom. The van der Waals surface area contributed by atoms with Gasteiger partial charge in [0.2, 0.25) is 11.8 Å². The van der Waals surface area contributed by atoms with Gasteiger partial charge in [0.15, 0.2) is 0 Å². The molecule has 0 spiro atoms. The van der Waals surface area contributed by atoms with Crippen molar-refractivity contribution in [1.82, 2.24) is 14.9 Å². The SMILES string of the molecule is O=C(CCC1Cc2ccccc2NC1=O)NCCCn1cnc2ccccc21. The lowest BCUT2D eigenvalue weighted by Gasteiger charge is -2.24. The number of aryl methyl sites for hydroxylation is 1. The van der Waals surface area contributed by atoms with Crippen LogP contribution in [0.5, 0.6) is 0 Å². The van der Waals surface area contributed by atoms with Crippen molar-refractivity contribution in [2.24, 2.45) is 5.92 Å². The number of carbonyl (C=O) groups is 2. The highest BCUT2D eigenvalue weighted by Gasteiger charge is 2.26. The Morgan fingerprint density at radius 2 is 2.00 bits per heavy atom. The monoisotopic (exact) mass is 376 g/mol. The number of para-hydroxylation sites is 3. The highest BCUT2D eigenvalue weighted by molar-refractivity contribution is 5.96. The summed E-state index contributed by atoms with van der Waals surface area (Å²) >= 11 is 0. The van der Waals surface area contributed by atoms with Gasteiger partial charge in [0.1, 0.15) is 0 Å². The number of nitrogens with one attached hydrogen (secondary N) is 2. The molecule has 0 radical (unpaired) electrons. The van der Waals surface area contributed by atoms with Crippen LogP contribution in [-0.2, 0) is 22.6 Å². The molecule has 1 aliphatic heterocycles. The fraction of sp³-hybridized carbons (Fsp3) is 0.318. The zero-order valence-corrected chi connectivity index (χ0v) is 15.7. The minimum Gasteiger partial charge on any atom is -0.356 e. The molecule has 0 bridgehead atoms. The summed E-state index contributed by atoms with van der Waals surface area (Å²) in [4.78, 5) is 28.7. The minimum absolute atomic E-state index is 0.00199. The van der Waals surface area contributed by atoms with E-state index in [-0.39, 0.29) is 17.7 Å². The molecular weight excluding hydrogens is 352 g/mol. The second kappa shape index (κ2) is 8.25. The van der Waals surface area contributed by atoms with E-state index in [1.807, 2.05) is 54.9 Å². The van der Waals surface area contributed by atoms with Crippen molar-refractivity contribution in [1.29, 1.82) is 0 Å². The first-order chi connectivity index (χ1) is 13.7. The van der Waals surface area contributed by atoms with Crippen molar-refractivity contribution in [2.75, 3.05) is 11.9 Å². The number of imidazole rings is 1. The third kappa shape index (κ3) is 4.06. The van der Waals surface area contributed by atoms with E-state index in [0.29, 0.717) is 25.8 Å². The molecule has 3 aromatic rings. The van der Waals surface area contributed by atoms with Gasteiger partial charge in [-0.2, -0.15) is 0 Å². The summed E-state index contributed by atoms with van der Waals surface area (Å²) in [5, 5.41) is 5.90. The number of rotatable bonds is 7. The summed E-state index contributed by atoms with van der Waals surface area (Å²) in [5.41, 5.74) is 4.12. The maximum Gasteiger partial charge on any atom is 0.227 e. The van der Waals surface area contributed by atoms with Crippen LogP contribution in [0.25, 0.3) is 11.0 Å². The minimum atomic E-state index is -0.141. The van der Waals surface area contributed by atoms with Gasteiger partial charge in [-0.15, -0.1) is 0 Å². The summed E-state index contributed by atoms with van der Waals surface area (Å²) in [6.45, 7) is 1.42. The quantitative estimate of drug-likeness (QED) is 0.622. The van der Waals surface area contributed by atoms with E-state index in [1.165, 1.54) is 0 Å². The largest absolute Gasteiger partial charge is 0.356 e. The summed E-state index contributed by atoms with van der Waals surface area (Å²) in [6.07, 6.45) is 4.31. The molecule has 2 amide bonds. The molecule has 28 heavy (non-hydrogen) atoms. The molecule has 2 N–H and O–H groups in total. The Bertz CT molecular complexity index is 995. The van der Waals surface area contributed by atoms with Crippen molar-refractivity contribution < 1.29 is 9.59 Å². The third-order valence-corrected chi connectivity index (χ3v) is 5.26. The van der Waals surface area contributed by atoms with Crippen molar-refractivity contribution in [3.8, 4) is 0 Å². The van der Waals surface area contributed by atoms with Gasteiger partial charge in [-0.05, 0) is 43.0 Å². The number of hydrogen-bond acceptors (Lipinski definition) is 3. The number of aromatic nitrogens is 2. The molecule has 0 fully saturated rings. The van der Waals surface area contributed by atoms with Crippen LogP contribution in [0.3, 0.4) is 0 Å². The van der Waals surface area contributed by atoms with E-state index < -0.39 is 0 Å². The topological polar surface area (TPSA) is 76.0 Å². The standard InChI is InChI=1S/C22H24N4O2/c27-21(11-10-17-14-16-6-1-2-7-18(16)25-22(17)28)23-12-5-13-26-15-24-19-8-3-4-9-20(19)26/h1-4,6-9,15,17H,5,10-14H2,(H,23,27)(H,25,28). The summed E-state index contributed by atoms with van der Waals surface area (Å²) < 4.78 is 2.10. The number of benzene rings is 2. The van der Waals surface area contributed by atoms with Crippen molar-refractivity contribution in [2.45, 2.75) is 32.2 Å². The van der Waals surface area contributed by atoms with Crippen LogP contribution in [0, 0.1) is 5.92 Å². The van der Waals surface area contributed by atoms with E-state index in [2.05, 4.69) is 20.2 Å².